The van der Waals surface area contributed by atoms with Crippen molar-refractivity contribution in [3.63, 3.8) is 0 Å². The quantitative estimate of drug-likeness (QED) is 0.0842. The van der Waals surface area contributed by atoms with Crippen molar-refractivity contribution in [3.05, 3.63) is 29.8 Å². The normalized spacial score (nSPS) is 10.6. The van der Waals surface area contributed by atoms with Crippen LogP contribution in [0.2, 0.25) is 0 Å². The van der Waals surface area contributed by atoms with Gasteiger partial charge in [-0.1, -0.05) is 90.9 Å². The molecule has 0 aliphatic rings. The van der Waals surface area contributed by atoms with Crippen LogP contribution in [0.4, 0.5) is 4.79 Å². The molecule has 0 heterocycles. The minimum Gasteiger partial charge on any atom is -0.494 e. The van der Waals surface area contributed by atoms with Crippen LogP contribution >= 0.6 is 0 Å². The molecule has 0 aromatic heterocycles. The van der Waals surface area contributed by atoms with Crippen molar-refractivity contribution in [2.75, 3.05) is 13.2 Å². The number of unbranched alkanes of at least 4 members (excludes halogenated alkanes) is 12. The zero-order chi connectivity index (χ0) is 24.0. The molecule has 0 N–H and O–H groups in total. The van der Waals surface area contributed by atoms with Gasteiger partial charge in [0.2, 0.25) is 0 Å². The third-order valence-electron chi connectivity index (χ3n) is 5.29. The molecule has 0 unspecified atom stereocenters. The van der Waals surface area contributed by atoms with Crippen LogP contribution in [0.3, 0.4) is 0 Å². The molecule has 0 radical (unpaired) electrons. The highest BCUT2D eigenvalue weighted by Crippen LogP contribution is 2.14. The van der Waals surface area contributed by atoms with Gasteiger partial charge in [0.05, 0.1) is 23.8 Å². The van der Waals surface area contributed by atoms with E-state index in [1.807, 2.05) is 0 Å². The first-order valence-corrected chi connectivity index (χ1v) is 12.6. The maximum Gasteiger partial charge on any atom is 0.543 e. The molecule has 0 aliphatic heterocycles. The summed E-state index contributed by atoms with van der Waals surface area (Å²) in [6.45, 7) is 5.19. The first kappa shape index (κ1) is 28.8. The van der Waals surface area contributed by atoms with Gasteiger partial charge in [-0.05, 0) is 37.1 Å². The lowest BCUT2D eigenvalue weighted by Crippen LogP contribution is -2.12. The lowest BCUT2D eigenvalue weighted by Gasteiger charge is -2.06. The molecule has 0 spiro atoms. The number of rotatable bonds is 20. The monoisotopic (exact) mass is 466 g/mol. The van der Waals surface area contributed by atoms with E-state index < -0.39 is 12.1 Å². The van der Waals surface area contributed by atoms with Crippen LogP contribution in [0, 0.1) is 0 Å². The van der Waals surface area contributed by atoms with Crippen molar-refractivity contribution >= 4 is 12.1 Å². The summed E-state index contributed by atoms with van der Waals surface area (Å²) in [5.74, 6) is -0.123. The maximum absolute atomic E-state index is 11.9. The molecule has 188 valence electrons. The highest BCUT2D eigenvalue weighted by Gasteiger charge is 2.12. The summed E-state index contributed by atoms with van der Waals surface area (Å²) in [5, 5.41) is 4.23. The summed E-state index contributed by atoms with van der Waals surface area (Å²) in [7, 11) is 0. The number of carbonyl (C=O) groups is 2. The number of benzene rings is 1. The molecule has 0 atom stereocenters. The zero-order valence-electron chi connectivity index (χ0n) is 20.5. The maximum atomic E-state index is 11.9. The minimum absolute atomic E-state index is 0.242. The molecule has 33 heavy (non-hydrogen) atoms. The third kappa shape index (κ3) is 16.1. The van der Waals surface area contributed by atoms with Crippen molar-refractivity contribution in [3.8, 4) is 5.75 Å². The number of hydrogen-bond donors (Lipinski definition) is 0. The molecule has 1 rings (SSSR count). The zero-order valence-corrected chi connectivity index (χ0v) is 20.5. The van der Waals surface area contributed by atoms with Crippen molar-refractivity contribution in [2.24, 2.45) is 0 Å². The fourth-order valence-electron chi connectivity index (χ4n) is 3.27. The highest BCUT2D eigenvalue weighted by molar-refractivity contribution is 5.89. The van der Waals surface area contributed by atoms with Crippen molar-refractivity contribution in [1.82, 2.24) is 0 Å². The molecule has 0 fully saturated rings. The fourth-order valence-corrected chi connectivity index (χ4v) is 3.27. The van der Waals surface area contributed by atoms with Crippen LogP contribution in [-0.2, 0) is 19.6 Å². The Morgan fingerprint density at radius 1 is 0.636 bits per heavy atom. The van der Waals surface area contributed by atoms with Gasteiger partial charge >= 0.3 is 12.1 Å². The van der Waals surface area contributed by atoms with E-state index in [9.17, 15) is 9.59 Å². The van der Waals surface area contributed by atoms with Gasteiger partial charge in [0.25, 0.3) is 0 Å². The van der Waals surface area contributed by atoms with Gasteiger partial charge in [-0.15, -0.1) is 0 Å². The molecule has 0 bridgehead atoms. The van der Waals surface area contributed by atoms with Crippen LogP contribution in [0.5, 0.6) is 5.75 Å². The number of ether oxygens (including phenoxy) is 2. The molecule has 0 aliphatic carbocycles. The van der Waals surface area contributed by atoms with E-state index in [1.54, 1.807) is 24.3 Å². The SMILES string of the molecule is CCCCCCCCCCCCCCOC(=O)OOOC(=O)c1ccc(OCCCC)cc1. The standard InChI is InChI=1S/C26H42O7/c1-3-5-7-8-9-10-11-12-13-14-15-16-22-30-26(28)32-33-31-25(27)23-17-19-24(20-18-23)29-21-6-4-2/h17-20H,3-16,21-22H2,1-2H3. The Labute approximate surface area is 198 Å². The number of hydrogen-bond acceptors (Lipinski definition) is 7. The van der Waals surface area contributed by atoms with Gasteiger partial charge in [-0.2, -0.15) is 0 Å². The molecule has 7 nitrogen and oxygen atoms in total. The molecular formula is C26H42O7. The Kier molecular flexibility index (Phi) is 17.7. The van der Waals surface area contributed by atoms with Crippen LogP contribution in [0.25, 0.3) is 0 Å². The van der Waals surface area contributed by atoms with Crippen LogP contribution in [-0.4, -0.2) is 25.3 Å². The Morgan fingerprint density at radius 3 is 1.76 bits per heavy atom. The lowest BCUT2D eigenvalue weighted by atomic mass is 10.1. The lowest BCUT2D eigenvalue weighted by molar-refractivity contribution is -0.452. The molecule has 1 aromatic carbocycles. The van der Waals surface area contributed by atoms with E-state index in [0.29, 0.717) is 12.4 Å². The van der Waals surface area contributed by atoms with Gasteiger partial charge in [0, 0.05) is 0 Å². The predicted molar refractivity (Wildman–Crippen MR) is 127 cm³/mol. The van der Waals surface area contributed by atoms with E-state index in [1.165, 1.54) is 57.8 Å². The molecule has 7 heteroatoms. The Morgan fingerprint density at radius 2 is 1.18 bits per heavy atom. The fraction of sp³-hybridized carbons (Fsp3) is 0.692. The largest absolute Gasteiger partial charge is 0.543 e. The van der Waals surface area contributed by atoms with Crippen molar-refractivity contribution in [2.45, 2.75) is 104 Å². The summed E-state index contributed by atoms with van der Waals surface area (Å²) in [6, 6.07) is 6.41. The first-order chi connectivity index (χ1) is 16.2. The van der Waals surface area contributed by atoms with Gasteiger partial charge in [0.1, 0.15) is 5.75 Å². The van der Waals surface area contributed by atoms with Crippen LogP contribution in [0.15, 0.2) is 24.3 Å². The molecule has 0 saturated carbocycles. The summed E-state index contributed by atoms with van der Waals surface area (Å²) >= 11 is 0. The van der Waals surface area contributed by atoms with Crippen molar-refractivity contribution < 1.29 is 33.9 Å². The second kappa shape index (κ2) is 20.3. The topological polar surface area (TPSA) is 80.3 Å². The predicted octanol–water partition coefficient (Wildman–Crippen LogP) is 7.72. The Hall–Kier alpha value is -2.28. The molecule has 0 saturated heterocycles. The van der Waals surface area contributed by atoms with Crippen molar-refractivity contribution in [1.29, 1.82) is 0 Å². The van der Waals surface area contributed by atoms with Gasteiger partial charge in [-0.3, -0.25) is 4.89 Å². The average Bonchev–Trinajstić information content (AvgIpc) is 2.82. The summed E-state index contributed by atoms with van der Waals surface area (Å²) in [4.78, 5) is 32.1. The minimum atomic E-state index is -1.04. The third-order valence-corrected chi connectivity index (χ3v) is 5.29. The van der Waals surface area contributed by atoms with E-state index in [4.69, 9.17) is 9.47 Å². The summed E-state index contributed by atoms with van der Waals surface area (Å²) in [5.41, 5.74) is 0.242. The van der Waals surface area contributed by atoms with E-state index in [-0.39, 0.29) is 12.2 Å². The summed E-state index contributed by atoms with van der Waals surface area (Å²) in [6.07, 6.45) is 15.7. The van der Waals surface area contributed by atoms with E-state index in [2.05, 4.69) is 28.7 Å². The summed E-state index contributed by atoms with van der Waals surface area (Å²) < 4.78 is 10.4. The van der Waals surface area contributed by atoms with Gasteiger partial charge in [0.15, 0.2) is 0 Å². The van der Waals surface area contributed by atoms with Crippen LogP contribution in [0.1, 0.15) is 114 Å². The molecule has 0 amide bonds. The average molecular weight is 467 g/mol. The second-order valence-electron chi connectivity index (χ2n) is 8.24. The van der Waals surface area contributed by atoms with Gasteiger partial charge in [-0.25, -0.2) is 14.5 Å². The second-order valence-corrected chi connectivity index (χ2v) is 8.24. The molecule has 1 aromatic rings. The number of carbonyl (C=O) groups excluding carboxylic acids is 2. The first-order valence-electron chi connectivity index (χ1n) is 12.6. The highest BCUT2D eigenvalue weighted by atomic mass is 17.5. The van der Waals surface area contributed by atoms with E-state index in [0.717, 1.165) is 32.1 Å². The van der Waals surface area contributed by atoms with E-state index >= 15 is 0 Å². The Balaban J connectivity index is 1.96. The van der Waals surface area contributed by atoms with Gasteiger partial charge < -0.3 is 9.47 Å². The van der Waals surface area contributed by atoms with Crippen LogP contribution < -0.4 is 4.74 Å². The molecular weight excluding hydrogens is 424 g/mol. The Bertz CT molecular complexity index is 616. The smallest absolute Gasteiger partial charge is 0.494 e.